The summed E-state index contributed by atoms with van der Waals surface area (Å²) in [6, 6.07) is 7.31. The number of nitrogens with zero attached hydrogens (tertiary/aromatic N) is 4. The summed E-state index contributed by atoms with van der Waals surface area (Å²) in [5, 5.41) is 19.9. The minimum atomic E-state index is -0.375. The van der Waals surface area contributed by atoms with Gasteiger partial charge in [0.2, 0.25) is 0 Å². The molecule has 7 heteroatoms. The summed E-state index contributed by atoms with van der Waals surface area (Å²) in [6.45, 7) is 6.01. The van der Waals surface area contributed by atoms with E-state index in [0.717, 1.165) is 31.7 Å². The quantitative estimate of drug-likeness (QED) is 0.614. The second kappa shape index (κ2) is 6.98. The van der Waals surface area contributed by atoms with Crippen LogP contribution in [0.3, 0.4) is 0 Å². The lowest BCUT2D eigenvalue weighted by Crippen LogP contribution is -2.48. The zero-order chi connectivity index (χ0) is 15.4. The maximum atomic E-state index is 10.9. The first-order valence-corrected chi connectivity index (χ1v) is 7.60. The fourth-order valence-electron chi connectivity index (χ4n) is 2.46. The van der Waals surface area contributed by atoms with Crippen molar-refractivity contribution in [2.45, 2.75) is 19.5 Å². The van der Waals surface area contributed by atoms with Crippen molar-refractivity contribution in [2.24, 2.45) is 0 Å². The van der Waals surface area contributed by atoms with Crippen molar-refractivity contribution in [3.8, 4) is 6.07 Å². The van der Waals surface area contributed by atoms with Crippen molar-refractivity contribution in [1.29, 1.82) is 5.26 Å². The summed E-state index contributed by atoms with van der Waals surface area (Å²) in [5.41, 5.74) is 1.02. The highest BCUT2D eigenvalue weighted by Crippen LogP contribution is 2.29. The van der Waals surface area contributed by atoms with E-state index in [2.05, 4.69) is 31.8 Å². The number of nitro groups is 1. The number of rotatable bonds is 4. The third kappa shape index (κ3) is 3.79. The Morgan fingerprint density at radius 2 is 2.10 bits per heavy atom. The van der Waals surface area contributed by atoms with Crippen LogP contribution >= 0.6 is 15.9 Å². The smallest absolute Gasteiger partial charge is 0.283 e. The summed E-state index contributed by atoms with van der Waals surface area (Å²) < 4.78 is 0.558. The van der Waals surface area contributed by atoms with Crippen molar-refractivity contribution in [3.05, 3.63) is 38.3 Å². The van der Waals surface area contributed by atoms with Gasteiger partial charge in [0.1, 0.15) is 0 Å². The van der Waals surface area contributed by atoms with Crippen LogP contribution in [0.4, 0.5) is 5.69 Å². The van der Waals surface area contributed by atoms with E-state index < -0.39 is 0 Å². The summed E-state index contributed by atoms with van der Waals surface area (Å²) in [6.07, 6.45) is 0. The molecule has 1 heterocycles. The van der Waals surface area contributed by atoms with Gasteiger partial charge in [0.05, 0.1) is 21.5 Å². The van der Waals surface area contributed by atoms with Crippen LogP contribution in [-0.2, 0) is 6.54 Å². The van der Waals surface area contributed by atoms with E-state index in [0.29, 0.717) is 11.0 Å². The van der Waals surface area contributed by atoms with E-state index in [9.17, 15) is 10.1 Å². The second-order valence-electron chi connectivity index (χ2n) is 5.12. The van der Waals surface area contributed by atoms with Crippen molar-refractivity contribution < 1.29 is 4.92 Å². The van der Waals surface area contributed by atoms with Gasteiger partial charge in [-0.3, -0.25) is 19.9 Å². The van der Waals surface area contributed by atoms with Crippen LogP contribution in [0.2, 0.25) is 0 Å². The Balaban J connectivity index is 2.00. The van der Waals surface area contributed by atoms with Crippen LogP contribution in [0.5, 0.6) is 0 Å². The van der Waals surface area contributed by atoms with Gasteiger partial charge in [-0.05, 0) is 28.4 Å². The van der Waals surface area contributed by atoms with Crippen LogP contribution in [-0.4, -0.2) is 46.9 Å². The first-order chi connectivity index (χ1) is 10.0. The molecule has 1 aromatic rings. The summed E-state index contributed by atoms with van der Waals surface area (Å²) in [4.78, 5) is 15.0. The van der Waals surface area contributed by atoms with E-state index in [1.807, 2.05) is 13.0 Å². The second-order valence-corrected chi connectivity index (χ2v) is 5.92. The van der Waals surface area contributed by atoms with E-state index in [-0.39, 0.29) is 16.7 Å². The van der Waals surface area contributed by atoms with Gasteiger partial charge in [-0.25, -0.2) is 0 Å². The molecule has 1 aliphatic heterocycles. The predicted molar refractivity (Wildman–Crippen MR) is 82.7 cm³/mol. The molecule has 0 aromatic heterocycles. The van der Waals surface area contributed by atoms with Gasteiger partial charge in [0, 0.05) is 38.8 Å². The Hall–Kier alpha value is -1.49. The normalized spacial score (nSPS) is 18.1. The van der Waals surface area contributed by atoms with Gasteiger partial charge in [0.15, 0.2) is 0 Å². The van der Waals surface area contributed by atoms with E-state index in [1.165, 1.54) is 6.07 Å². The zero-order valence-electron chi connectivity index (χ0n) is 11.8. The molecule has 1 saturated heterocycles. The molecule has 1 unspecified atom stereocenters. The first-order valence-electron chi connectivity index (χ1n) is 6.80. The van der Waals surface area contributed by atoms with Crippen molar-refractivity contribution in [3.63, 3.8) is 0 Å². The SMILES string of the molecule is CC(C#N)N1CCN(Cc2cccc([N+](=O)[O-])c2Br)CC1. The highest BCUT2D eigenvalue weighted by atomic mass is 79.9. The molecule has 1 aromatic carbocycles. The van der Waals surface area contributed by atoms with E-state index >= 15 is 0 Å². The minimum Gasteiger partial charge on any atom is -0.296 e. The average molecular weight is 353 g/mol. The largest absolute Gasteiger partial charge is 0.296 e. The summed E-state index contributed by atoms with van der Waals surface area (Å²) >= 11 is 3.33. The molecule has 0 aliphatic carbocycles. The fourth-order valence-corrected chi connectivity index (χ4v) is 3.00. The fraction of sp³-hybridized carbons (Fsp3) is 0.500. The Kier molecular flexibility index (Phi) is 5.28. The van der Waals surface area contributed by atoms with Crippen molar-refractivity contribution >= 4 is 21.6 Å². The molecular formula is C14H17BrN4O2. The van der Waals surface area contributed by atoms with Crippen LogP contribution in [0.25, 0.3) is 0 Å². The molecule has 0 saturated carbocycles. The number of benzene rings is 1. The highest BCUT2D eigenvalue weighted by molar-refractivity contribution is 9.10. The number of piperazine rings is 1. The van der Waals surface area contributed by atoms with Crippen molar-refractivity contribution in [2.75, 3.05) is 26.2 Å². The molecule has 1 fully saturated rings. The van der Waals surface area contributed by atoms with Crippen LogP contribution in [0.1, 0.15) is 12.5 Å². The molecule has 1 aliphatic rings. The zero-order valence-corrected chi connectivity index (χ0v) is 13.4. The Morgan fingerprint density at radius 3 is 2.67 bits per heavy atom. The van der Waals surface area contributed by atoms with Gasteiger partial charge in [-0.15, -0.1) is 0 Å². The summed E-state index contributed by atoms with van der Waals surface area (Å²) in [7, 11) is 0. The number of nitro benzene ring substituents is 1. The molecule has 1 atom stereocenters. The molecule has 112 valence electrons. The lowest BCUT2D eigenvalue weighted by Gasteiger charge is -2.35. The summed E-state index contributed by atoms with van der Waals surface area (Å²) in [5.74, 6) is 0. The van der Waals surface area contributed by atoms with E-state index in [1.54, 1.807) is 6.07 Å². The Labute approximate surface area is 132 Å². The number of hydrogen-bond acceptors (Lipinski definition) is 5. The van der Waals surface area contributed by atoms with Gasteiger partial charge >= 0.3 is 0 Å². The monoisotopic (exact) mass is 352 g/mol. The Morgan fingerprint density at radius 1 is 1.43 bits per heavy atom. The highest BCUT2D eigenvalue weighted by Gasteiger charge is 2.22. The van der Waals surface area contributed by atoms with Gasteiger partial charge in [-0.2, -0.15) is 5.26 Å². The van der Waals surface area contributed by atoms with Crippen LogP contribution in [0.15, 0.2) is 22.7 Å². The van der Waals surface area contributed by atoms with Gasteiger partial charge < -0.3 is 0 Å². The molecule has 0 amide bonds. The maximum absolute atomic E-state index is 10.9. The van der Waals surface area contributed by atoms with Gasteiger partial charge in [-0.1, -0.05) is 12.1 Å². The topological polar surface area (TPSA) is 73.4 Å². The maximum Gasteiger partial charge on any atom is 0.283 e. The van der Waals surface area contributed by atoms with Crippen LogP contribution in [0, 0.1) is 21.4 Å². The number of nitriles is 1. The molecule has 0 N–H and O–H groups in total. The molecule has 2 rings (SSSR count). The predicted octanol–water partition coefficient (Wildman–Crippen LogP) is 2.39. The van der Waals surface area contributed by atoms with E-state index in [4.69, 9.17) is 5.26 Å². The average Bonchev–Trinajstić information content (AvgIpc) is 2.49. The molecule has 6 nitrogen and oxygen atoms in total. The Bertz CT molecular complexity index is 565. The standard InChI is InChI=1S/C14H17BrN4O2/c1-11(9-16)18-7-5-17(6-8-18)10-12-3-2-4-13(14(12)15)19(20)21/h2-4,11H,5-8,10H2,1H3. The van der Waals surface area contributed by atoms with Crippen molar-refractivity contribution in [1.82, 2.24) is 9.80 Å². The van der Waals surface area contributed by atoms with Crippen LogP contribution < -0.4 is 0 Å². The molecule has 21 heavy (non-hydrogen) atoms. The lowest BCUT2D eigenvalue weighted by molar-refractivity contribution is -0.385. The molecule has 0 spiro atoms. The molecular weight excluding hydrogens is 336 g/mol. The molecule has 0 bridgehead atoms. The first kappa shape index (κ1) is 15.9. The van der Waals surface area contributed by atoms with Gasteiger partial charge in [0.25, 0.3) is 5.69 Å². The number of halogens is 1. The minimum absolute atomic E-state index is 0.0586. The lowest BCUT2D eigenvalue weighted by atomic mass is 10.1. The third-order valence-electron chi connectivity index (χ3n) is 3.79. The number of hydrogen-bond donors (Lipinski definition) is 0. The third-order valence-corrected chi connectivity index (χ3v) is 4.71. The molecule has 0 radical (unpaired) electrons.